The summed E-state index contributed by atoms with van der Waals surface area (Å²) in [4.78, 5) is 13.6. The van der Waals surface area contributed by atoms with Crippen molar-refractivity contribution in [2.24, 2.45) is 0 Å². The predicted octanol–water partition coefficient (Wildman–Crippen LogP) is 4.07. The third-order valence-corrected chi connectivity index (χ3v) is 7.14. The molecule has 0 saturated heterocycles. The molecule has 0 radical (unpaired) electrons. The Morgan fingerprint density at radius 3 is 2.96 bits per heavy atom. The molecule has 136 valence electrons. The first-order valence-electron chi connectivity index (χ1n) is 8.36. The second kappa shape index (κ2) is 9.16. The van der Waals surface area contributed by atoms with Crippen LogP contribution in [0.25, 0.3) is 0 Å². The van der Waals surface area contributed by atoms with Crippen LogP contribution >= 0.6 is 34.4 Å². The fourth-order valence-corrected chi connectivity index (χ4v) is 5.55. The SMILES string of the molecule is C=CCNc1nnc(SCC(=O)Nc2sc3c(c2C#N)CCCCC3)s1. The third-order valence-electron chi connectivity index (χ3n) is 3.92. The monoisotopic (exact) mass is 405 g/mol. The summed E-state index contributed by atoms with van der Waals surface area (Å²) in [6, 6.07) is 2.29. The number of aryl methyl sites for hydroxylation is 1. The number of anilines is 2. The van der Waals surface area contributed by atoms with Crippen LogP contribution in [0.4, 0.5) is 10.1 Å². The van der Waals surface area contributed by atoms with Crippen LogP contribution in [-0.2, 0) is 17.6 Å². The lowest BCUT2D eigenvalue weighted by Crippen LogP contribution is -2.13. The number of carbonyl (C=O) groups excluding carboxylic acids is 1. The number of thiophene rings is 1. The van der Waals surface area contributed by atoms with Crippen LogP contribution in [0.2, 0.25) is 0 Å². The molecule has 3 rings (SSSR count). The zero-order valence-electron chi connectivity index (χ0n) is 14.2. The van der Waals surface area contributed by atoms with Gasteiger partial charge in [0.25, 0.3) is 0 Å². The number of nitrogens with zero attached hydrogens (tertiary/aromatic N) is 3. The summed E-state index contributed by atoms with van der Waals surface area (Å²) in [7, 11) is 0. The first-order chi connectivity index (χ1) is 12.7. The van der Waals surface area contributed by atoms with Crippen LogP contribution in [-0.4, -0.2) is 28.4 Å². The zero-order valence-corrected chi connectivity index (χ0v) is 16.7. The Morgan fingerprint density at radius 1 is 1.31 bits per heavy atom. The van der Waals surface area contributed by atoms with Crippen molar-refractivity contribution in [2.75, 3.05) is 22.9 Å². The molecule has 0 fully saturated rings. The van der Waals surface area contributed by atoms with Crippen LogP contribution in [0, 0.1) is 11.3 Å². The average molecular weight is 406 g/mol. The van der Waals surface area contributed by atoms with Gasteiger partial charge in [-0.25, -0.2) is 0 Å². The van der Waals surface area contributed by atoms with Crippen molar-refractivity contribution in [3.8, 4) is 6.07 Å². The smallest absolute Gasteiger partial charge is 0.235 e. The summed E-state index contributed by atoms with van der Waals surface area (Å²) >= 11 is 4.30. The van der Waals surface area contributed by atoms with Gasteiger partial charge < -0.3 is 10.6 Å². The largest absolute Gasteiger partial charge is 0.357 e. The summed E-state index contributed by atoms with van der Waals surface area (Å²) < 4.78 is 0.731. The molecule has 9 heteroatoms. The molecule has 6 nitrogen and oxygen atoms in total. The van der Waals surface area contributed by atoms with Crippen LogP contribution < -0.4 is 10.6 Å². The quantitative estimate of drug-likeness (QED) is 0.410. The van der Waals surface area contributed by atoms with Crippen molar-refractivity contribution in [3.05, 3.63) is 28.7 Å². The minimum Gasteiger partial charge on any atom is -0.357 e. The van der Waals surface area contributed by atoms with E-state index in [0.29, 0.717) is 22.2 Å². The molecule has 0 saturated carbocycles. The number of thioether (sulfide) groups is 1. The second-order valence-corrected chi connectivity index (χ2v) is 9.07. The molecule has 1 aliphatic rings. The lowest BCUT2D eigenvalue weighted by Gasteiger charge is -2.03. The van der Waals surface area contributed by atoms with E-state index in [9.17, 15) is 10.1 Å². The number of aromatic nitrogens is 2. The molecule has 0 spiro atoms. The number of hydrogen-bond donors (Lipinski definition) is 2. The van der Waals surface area contributed by atoms with Crippen molar-refractivity contribution in [2.45, 2.75) is 36.4 Å². The zero-order chi connectivity index (χ0) is 18.4. The summed E-state index contributed by atoms with van der Waals surface area (Å²) in [5.41, 5.74) is 1.79. The van der Waals surface area contributed by atoms with E-state index in [1.165, 1.54) is 34.4 Å². The average Bonchev–Trinajstić information content (AvgIpc) is 3.15. The Morgan fingerprint density at radius 2 is 2.15 bits per heavy atom. The van der Waals surface area contributed by atoms with Gasteiger partial charge in [-0.3, -0.25) is 4.79 Å². The molecular weight excluding hydrogens is 386 g/mol. The van der Waals surface area contributed by atoms with E-state index < -0.39 is 0 Å². The molecule has 0 atom stereocenters. The second-order valence-electron chi connectivity index (χ2n) is 5.76. The van der Waals surface area contributed by atoms with E-state index in [2.05, 4.69) is 33.5 Å². The maximum atomic E-state index is 12.3. The Kier molecular flexibility index (Phi) is 6.66. The van der Waals surface area contributed by atoms with Gasteiger partial charge in [0.1, 0.15) is 11.1 Å². The third kappa shape index (κ3) is 4.63. The summed E-state index contributed by atoms with van der Waals surface area (Å²) in [6.45, 7) is 4.26. The first-order valence-corrected chi connectivity index (χ1v) is 11.0. The molecule has 0 unspecified atom stereocenters. The fourth-order valence-electron chi connectivity index (χ4n) is 2.74. The highest BCUT2D eigenvalue weighted by Crippen LogP contribution is 2.37. The Hall–Kier alpha value is -1.89. The molecule has 2 N–H and O–H groups in total. The van der Waals surface area contributed by atoms with E-state index in [1.807, 2.05) is 0 Å². The summed E-state index contributed by atoms with van der Waals surface area (Å²) in [5, 5.41) is 25.0. The maximum absolute atomic E-state index is 12.3. The van der Waals surface area contributed by atoms with Crippen molar-refractivity contribution in [1.29, 1.82) is 5.26 Å². The van der Waals surface area contributed by atoms with Crippen molar-refractivity contribution in [1.82, 2.24) is 10.2 Å². The first kappa shape index (κ1) is 18.9. The van der Waals surface area contributed by atoms with E-state index >= 15 is 0 Å². The van der Waals surface area contributed by atoms with Gasteiger partial charge in [-0.1, -0.05) is 35.6 Å². The van der Waals surface area contributed by atoms with Crippen molar-refractivity contribution < 1.29 is 4.79 Å². The maximum Gasteiger partial charge on any atom is 0.235 e. The van der Waals surface area contributed by atoms with Gasteiger partial charge in [0.05, 0.1) is 11.3 Å². The minimum atomic E-state index is -0.126. The lowest BCUT2D eigenvalue weighted by atomic mass is 10.1. The number of amides is 1. The summed E-state index contributed by atoms with van der Waals surface area (Å²) in [6.07, 6.45) is 7.16. The number of nitrogens with one attached hydrogen (secondary N) is 2. The van der Waals surface area contributed by atoms with Crippen LogP contribution in [0.15, 0.2) is 17.0 Å². The van der Waals surface area contributed by atoms with Gasteiger partial charge in [-0.15, -0.1) is 28.1 Å². The summed E-state index contributed by atoms with van der Waals surface area (Å²) in [5.74, 6) is 0.113. The van der Waals surface area contributed by atoms with Gasteiger partial charge in [0.15, 0.2) is 4.34 Å². The highest BCUT2D eigenvalue weighted by atomic mass is 32.2. The molecule has 1 aliphatic carbocycles. The molecule has 2 heterocycles. The molecule has 26 heavy (non-hydrogen) atoms. The number of carbonyl (C=O) groups is 1. The number of nitriles is 1. The molecule has 0 bridgehead atoms. The van der Waals surface area contributed by atoms with E-state index in [-0.39, 0.29) is 11.7 Å². The van der Waals surface area contributed by atoms with Crippen LogP contribution in [0.5, 0.6) is 0 Å². The van der Waals surface area contributed by atoms with Gasteiger partial charge in [-0.05, 0) is 31.2 Å². The molecular formula is C17H19N5OS3. The van der Waals surface area contributed by atoms with Gasteiger partial charge in [0, 0.05) is 11.4 Å². The lowest BCUT2D eigenvalue weighted by molar-refractivity contribution is -0.113. The van der Waals surface area contributed by atoms with Crippen LogP contribution in [0.3, 0.4) is 0 Å². The highest BCUT2D eigenvalue weighted by molar-refractivity contribution is 8.01. The molecule has 2 aromatic heterocycles. The molecule has 2 aromatic rings. The molecule has 0 aliphatic heterocycles. The Bertz CT molecular complexity index is 836. The fraction of sp³-hybridized carbons (Fsp3) is 0.412. The number of fused-ring (bicyclic) bond motifs is 1. The van der Waals surface area contributed by atoms with Crippen molar-refractivity contribution >= 4 is 50.5 Å². The van der Waals surface area contributed by atoms with E-state index in [0.717, 1.165) is 35.6 Å². The molecule has 1 amide bonds. The van der Waals surface area contributed by atoms with Crippen LogP contribution in [0.1, 0.15) is 35.3 Å². The topological polar surface area (TPSA) is 90.7 Å². The van der Waals surface area contributed by atoms with Gasteiger partial charge >= 0.3 is 0 Å². The van der Waals surface area contributed by atoms with Gasteiger partial charge in [0.2, 0.25) is 11.0 Å². The van der Waals surface area contributed by atoms with Crippen molar-refractivity contribution in [3.63, 3.8) is 0 Å². The normalized spacial score (nSPS) is 13.3. The Labute approximate surface area is 164 Å². The van der Waals surface area contributed by atoms with E-state index in [4.69, 9.17) is 0 Å². The Balaban J connectivity index is 1.59. The van der Waals surface area contributed by atoms with E-state index in [1.54, 1.807) is 17.4 Å². The standard InChI is InChI=1S/C17H19N5OS3/c1-2-8-19-16-21-22-17(26-16)24-10-14(23)20-15-12(9-18)11-6-4-3-5-7-13(11)25-15/h2H,1,3-8,10H2,(H,19,21)(H,20,23). The minimum absolute atomic E-state index is 0.126. The molecule has 0 aromatic carbocycles. The predicted molar refractivity (Wildman–Crippen MR) is 108 cm³/mol. The number of rotatable bonds is 7. The highest BCUT2D eigenvalue weighted by Gasteiger charge is 2.21. The number of hydrogen-bond acceptors (Lipinski definition) is 8. The van der Waals surface area contributed by atoms with Gasteiger partial charge in [-0.2, -0.15) is 5.26 Å².